The van der Waals surface area contributed by atoms with Crippen LogP contribution in [0.1, 0.15) is 48.0 Å². The Balaban J connectivity index is 1.64. The maximum Gasteiger partial charge on any atom is 0.326 e. The first-order chi connectivity index (χ1) is 17.4. The summed E-state index contributed by atoms with van der Waals surface area (Å²) in [6.45, 7) is 7.97. The highest BCUT2D eigenvalue weighted by atomic mass is 19.1. The minimum Gasteiger partial charge on any atom is -0.334 e. The number of nitrogens with one attached hydrogen (secondary N) is 1. The zero-order valence-corrected chi connectivity index (χ0v) is 20.7. The van der Waals surface area contributed by atoms with Gasteiger partial charge in [-0.1, -0.05) is 54.5 Å². The summed E-state index contributed by atoms with van der Waals surface area (Å²) in [5.41, 5.74) is 6.79. The third kappa shape index (κ3) is 4.28. The smallest absolute Gasteiger partial charge is 0.326 e. The van der Waals surface area contributed by atoms with Crippen LogP contribution in [-0.2, 0) is 6.42 Å². The first kappa shape index (κ1) is 23.5. The van der Waals surface area contributed by atoms with Crippen molar-refractivity contribution in [2.45, 2.75) is 40.2 Å². The van der Waals surface area contributed by atoms with Gasteiger partial charge in [0.25, 0.3) is 5.89 Å². The Bertz CT molecular complexity index is 1470. The van der Waals surface area contributed by atoms with E-state index in [0.29, 0.717) is 22.7 Å². The van der Waals surface area contributed by atoms with E-state index in [4.69, 9.17) is 4.52 Å². The van der Waals surface area contributed by atoms with E-state index in [2.05, 4.69) is 22.4 Å². The summed E-state index contributed by atoms with van der Waals surface area (Å²) in [7, 11) is 0. The van der Waals surface area contributed by atoms with E-state index in [1.807, 2.05) is 63.2 Å². The Hall–Kier alpha value is -4.26. The molecule has 36 heavy (non-hydrogen) atoms. The average Bonchev–Trinajstić information content (AvgIpc) is 3.35. The van der Waals surface area contributed by atoms with Gasteiger partial charge >= 0.3 is 6.03 Å². The number of amides is 2. The molecular formula is C29H27FN4O2. The molecule has 1 N–H and O–H groups in total. The lowest BCUT2D eigenvalue weighted by atomic mass is 9.94. The summed E-state index contributed by atoms with van der Waals surface area (Å²) in [4.78, 5) is 19.6. The highest BCUT2D eigenvalue weighted by Crippen LogP contribution is 2.39. The van der Waals surface area contributed by atoms with Gasteiger partial charge in [-0.3, -0.25) is 4.90 Å². The Morgan fingerprint density at radius 2 is 1.78 bits per heavy atom. The van der Waals surface area contributed by atoms with Gasteiger partial charge in [-0.05, 0) is 73.7 Å². The van der Waals surface area contributed by atoms with Crippen LogP contribution in [0.15, 0.2) is 77.0 Å². The molecule has 2 heterocycles. The normalized spacial score (nSPS) is 15.9. The maximum absolute atomic E-state index is 14.2. The summed E-state index contributed by atoms with van der Waals surface area (Å²) in [5, 5.41) is 7.23. The second kappa shape index (κ2) is 9.41. The first-order valence-corrected chi connectivity index (χ1v) is 11.9. The first-order valence-electron chi connectivity index (χ1n) is 11.9. The van der Waals surface area contributed by atoms with Crippen LogP contribution in [-0.4, -0.2) is 16.2 Å². The molecule has 0 saturated carbocycles. The molecule has 0 radical (unpaired) electrons. The highest BCUT2D eigenvalue weighted by Gasteiger charge is 2.36. The van der Waals surface area contributed by atoms with E-state index in [1.165, 1.54) is 17.7 Å². The van der Waals surface area contributed by atoms with Crippen LogP contribution in [0.2, 0.25) is 0 Å². The van der Waals surface area contributed by atoms with E-state index in [0.717, 1.165) is 28.8 Å². The zero-order valence-electron chi connectivity index (χ0n) is 20.7. The molecule has 1 aromatic heterocycles. The van der Waals surface area contributed by atoms with E-state index < -0.39 is 11.9 Å². The SMILES string of the molecule is CCc1ccc(-c2noc(C3=C(C)N(c4ccc(C)c(C)c4)C(=O)NC3c3cccc(F)c3)n2)cc1. The van der Waals surface area contributed by atoms with Crippen molar-refractivity contribution in [3.63, 3.8) is 0 Å². The summed E-state index contributed by atoms with van der Waals surface area (Å²) < 4.78 is 19.9. The fourth-order valence-electron chi connectivity index (χ4n) is 4.47. The molecule has 0 bridgehead atoms. The third-order valence-corrected chi connectivity index (χ3v) is 6.69. The summed E-state index contributed by atoms with van der Waals surface area (Å²) in [5.74, 6) is 0.323. The number of hydrogen-bond donors (Lipinski definition) is 1. The zero-order chi connectivity index (χ0) is 25.4. The molecule has 1 aliphatic rings. The molecule has 7 heteroatoms. The molecule has 0 spiro atoms. The maximum atomic E-state index is 14.2. The topological polar surface area (TPSA) is 71.3 Å². The second-order valence-electron chi connectivity index (χ2n) is 9.01. The van der Waals surface area contributed by atoms with E-state index in [1.54, 1.807) is 17.0 Å². The number of carbonyl (C=O) groups excluding carboxylic acids is 1. The Kier molecular flexibility index (Phi) is 6.14. The highest BCUT2D eigenvalue weighted by molar-refractivity contribution is 6.01. The minimum atomic E-state index is -0.660. The van der Waals surface area contributed by atoms with E-state index in [9.17, 15) is 9.18 Å². The minimum absolute atomic E-state index is 0.269. The van der Waals surface area contributed by atoms with Gasteiger partial charge in [0.2, 0.25) is 5.82 Å². The molecule has 5 rings (SSSR count). The molecule has 0 saturated heterocycles. The number of anilines is 1. The van der Waals surface area contributed by atoms with Crippen molar-refractivity contribution in [1.29, 1.82) is 0 Å². The number of benzene rings is 3. The van der Waals surface area contributed by atoms with Crippen LogP contribution >= 0.6 is 0 Å². The van der Waals surface area contributed by atoms with Crippen molar-refractivity contribution in [2.75, 3.05) is 4.90 Å². The molecule has 1 aliphatic heterocycles. The van der Waals surface area contributed by atoms with Crippen molar-refractivity contribution in [3.05, 3.63) is 106 Å². The lowest BCUT2D eigenvalue weighted by Crippen LogP contribution is -2.46. The van der Waals surface area contributed by atoms with Crippen LogP contribution in [0.25, 0.3) is 17.0 Å². The fourth-order valence-corrected chi connectivity index (χ4v) is 4.47. The van der Waals surface area contributed by atoms with Gasteiger partial charge in [0.1, 0.15) is 5.82 Å². The summed E-state index contributed by atoms with van der Waals surface area (Å²) >= 11 is 0. The van der Waals surface area contributed by atoms with Gasteiger partial charge < -0.3 is 9.84 Å². The van der Waals surface area contributed by atoms with Crippen LogP contribution in [0.4, 0.5) is 14.9 Å². The number of carbonyl (C=O) groups is 1. The number of urea groups is 1. The third-order valence-electron chi connectivity index (χ3n) is 6.69. The molecule has 182 valence electrons. The number of rotatable bonds is 5. The van der Waals surface area contributed by atoms with Crippen molar-refractivity contribution in [2.24, 2.45) is 0 Å². The van der Waals surface area contributed by atoms with Crippen molar-refractivity contribution < 1.29 is 13.7 Å². The van der Waals surface area contributed by atoms with Gasteiger partial charge in [-0.2, -0.15) is 4.98 Å². The predicted molar refractivity (Wildman–Crippen MR) is 138 cm³/mol. The molecule has 0 fully saturated rings. The molecule has 3 aromatic carbocycles. The Morgan fingerprint density at radius 1 is 1.00 bits per heavy atom. The number of nitrogens with zero attached hydrogens (tertiary/aromatic N) is 3. The van der Waals surface area contributed by atoms with Gasteiger partial charge in [0, 0.05) is 11.3 Å². The molecule has 6 nitrogen and oxygen atoms in total. The molecular weight excluding hydrogens is 455 g/mol. The monoisotopic (exact) mass is 482 g/mol. The van der Waals surface area contributed by atoms with Crippen molar-refractivity contribution in [1.82, 2.24) is 15.5 Å². The standard InChI is InChI=1S/C29H27FN4O2/c1-5-20-10-12-21(13-11-20)27-32-28(36-33-27)25-19(4)34(24-14-9-17(2)18(3)15-24)29(35)31-26(25)22-7-6-8-23(30)16-22/h6-16,26H,5H2,1-4H3,(H,31,35). The van der Waals surface area contributed by atoms with Crippen LogP contribution in [0.3, 0.4) is 0 Å². The van der Waals surface area contributed by atoms with Crippen molar-refractivity contribution in [3.8, 4) is 11.4 Å². The van der Waals surface area contributed by atoms with Crippen LogP contribution in [0.5, 0.6) is 0 Å². The van der Waals surface area contributed by atoms with Crippen LogP contribution in [0, 0.1) is 19.7 Å². The number of aryl methyl sites for hydroxylation is 3. The van der Waals surface area contributed by atoms with Gasteiger partial charge in [0.15, 0.2) is 0 Å². The number of hydrogen-bond acceptors (Lipinski definition) is 4. The lowest BCUT2D eigenvalue weighted by molar-refractivity contribution is 0.244. The van der Waals surface area contributed by atoms with E-state index in [-0.39, 0.29) is 11.9 Å². The number of aromatic nitrogens is 2. The molecule has 4 aromatic rings. The fraction of sp³-hybridized carbons (Fsp3) is 0.207. The Labute approximate surface area is 209 Å². The predicted octanol–water partition coefficient (Wildman–Crippen LogP) is 6.76. The quantitative estimate of drug-likeness (QED) is 0.341. The largest absolute Gasteiger partial charge is 0.334 e. The molecule has 2 amide bonds. The summed E-state index contributed by atoms with van der Waals surface area (Å²) in [6, 6.07) is 19.0. The van der Waals surface area contributed by atoms with Gasteiger partial charge in [-0.15, -0.1) is 0 Å². The van der Waals surface area contributed by atoms with E-state index >= 15 is 0 Å². The van der Waals surface area contributed by atoms with Gasteiger partial charge in [0.05, 0.1) is 17.3 Å². The second-order valence-corrected chi connectivity index (χ2v) is 9.01. The summed E-state index contributed by atoms with van der Waals surface area (Å²) in [6.07, 6.45) is 0.938. The average molecular weight is 483 g/mol. The van der Waals surface area contributed by atoms with Gasteiger partial charge in [-0.25, -0.2) is 9.18 Å². The van der Waals surface area contributed by atoms with Crippen molar-refractivity contribution >= 4 is 17.3 Å². The molecule has 0 aliphatic carbocycles. The molecule has 1 atom stereocenters. The lowest BCUT2D eigenvalue weighted by Gasteiger charge is -2.35. The number of halogens is 1. The van der Waals surface area contributed by atoms with Crippen LogP contribution < -0.4 is 10.2 Å². The Morgan fingerprint density at radius 3 is 2.47 bits per heavy atom. The number of allylic oxidation sites excluding steroid dienone is 1. The molecule has 1 unspecified atom stereocenters.